The SMILES string of the molecule is CCCCCCCCCCCC(=O)NCC(=O)NN=Cc1ccccc1OCc1ccc(Br)cc1. The molecule has 7 heteroatoms. The molecule has 2 amide bonds. The number of benzene rings is 2. The van der Waals surface area contributed by atoms with Gasteiger partial charge in [-0.2, -0.15) is 5.10 Å². The van der Waals surface area contributed by atoms with Crippen LogP contribution in [0.3, 0.4) is 0 Å². The normalized spacial score (nSPS) is 10.9. The number of hydrogen-bond acceptors (Lipinski definition) is 4. The highest BCUT2D eigenvalue weighted by Crippen LogP contribution is 2.18. The van der Waals surface area contributed by atoms with Crippen molar-refractivity contribution in [2.45, 2.75) is 77.7 Å². The maximum absolute atomic E-state index is 12.0. The summed E-state index contributed by atoms with van der Waals surface area (Å²) in [4.78, 5) is 24.0. The number of nitrogens with zero attached hydrogens (tertiary/aromatic N) is 1. The summed E-state index contributed by atoms with van der Waals surface area (Å²) < 4.78 is 6.92. The maximum Gasteiger partial charge on any atom is 0.259 e. The van der Waals surface area contributed by atoms with Crippen LogP contribution in [0.25, 0.3) is 0 Å². The zero-order valence-corrected chi connectivity index (χ0v) is 22.3. The number of hydrazone groups is 1. The highest BCUT2D eigenvalue weighted by molar-refractivity contribution is 9.10. The quantitative estimate of drug-likeness (QED) is 0.135. The summed E-state index contributed by atoms with van der Waals surface area (Å²) in [5.74, 6) is 0.205. The van der Waals surface area contributed by atoms with E-state index in [2.05, 4.69) is 38.7 Å². The molecule has 0 unspecified atom stereocenters. The standard InChI is InChI=1S/C28H38BrN3O3/c1-2-3-4-5-6-7-8-9-10-15-27(33)30-21-28(34)32-31-20-24-13-11-12-14-26(24)35-22-23-16-18-25(29)19-17-23/h11-14,16-20H,2-10,15,21-22H2,1H3,(H,30,33)(H,32,34). The van der Waals surface area contributed by atoms with E-state index in [1.807, 2.05) is 48.5 Å². The van der Waals surface area contributed by atoms with Crippen LogP contribution in [-0.4, -0.2) is 24.6 Å². The van der Waals surface area contributed by atoms with Crippen molar-refractivity contribution in [2.24, 2.45) is 5.10 Å². The molecular formula is C28H38BrN3O3. The topological polar surface area (TPSA) is 79.8 Å². The number of halogens is 1. The van der Waals surface area contributed by atoms with Gasteiger partial charge in [-0.25, -0.2) is 5.43 Å². The summed E-state index contributed by atoms with van der Waals surface area (Å²) in [6, 6.07) is 15.4. The Kier molecular flexibility index (Phi) is 14.5. The van der Waals surface area contributed by atoms with Gasteiger partial charge in [0, 0.05) is 16.5 Å². The molecule has 0 fully saturated rings. The lowest BCUT2D eigenvalue weighted by Gasteiger charge is -2.09. The zero-order valence-electron chi connectivity index (χ0n) is 20.7. The molecule has 6 nitrogen and oxygen atoms in total. The van der Waals surface area contributed by atoms with Crippen LogP contribution in [0.2, 0.25) is 0 Å². The van der Waals surface area contributed by atoms with Crippen LogP contribution in [0.4, 0.5) is 0 Å². The van der Waals surface area contributed by atoms with E-state index in [9.17, 15) is 9.59 Å². The Bertz CT molecular complexity index is 916. The number of carbonyl (C=O) groups excluding carboxylic acids is 2. The first-order valence-corrected chi connectivity index (χ1v) is 13.4. The lowest BCUT2D eigenvalue weighted by molar-refractivity contribution is -0.126. The minimum Gasteiger partial charge on any atom is -0.488 e. The molecule has 2 aromatic rings. The summed E-state index contributed by atoms with van der Waals surface area (Å²) in [6.07, 6.45) is 12.9. The van der Waals surface area contributed by atoms with E-state index in [-0.39, 0.29) is 18.4 Å². The van der Waals surface area contributed by atoms with Gasteiger partial charge in [-0.1, -0.05) is 98.5 Å². The molecule has 0 atom stereocenters. The molecule has 0 radical (unpaired) electrons. The zero-order chi connectivity index (χ0) is 25.1. The molecule has 190 valence electrons. The first kappa shape index (κ1) is 28.6. The Balaban J connectivity index is 1.61. The molecule has 0 saturated heterocycles. The molecule has 0 aliphatic carbocycles. The van der Waals surface area contributed by atoms with Gasteiger partial charge < -0.3 is 10.1 Å². The van der Waals surface area contributed by atoms with Gasteiger partial charge in [0.2, 0.25) is 5.91 Å². The van der Waals surface area contributed by atoms with Crippen LogP contribution >= 0.6 is 15.9 Å². The average Bonchev–Trinajstić information content (AvgIpc) is 2.87. The number of hydrogen-bond donors (Lipinski definition) is 2. The van der Waals surface area contributed by atoms with E-state index < -0.39 is 0 Å². The largest absolute Gasteiger partial charge is 0.488 e. The minimum absolute atomic E-state index is 0.0880. The van der Waals surface area contributed by atoms with Gasteiger partial charge >= 0.3 is 0 Å². The lowest BCUT2D eigenvalue weighted by atomic mass is 10.1. The predicted molar refractivity (Wildman–Crippen MR) is 146 cm³/mol. The molecule has 35 heavy (non-hydrogen) atoms. The van der Waals surface area contributed by atoms with E-state index in [1.165, 1.54) is 44.9 Å². The number of para-hydroxylation sites is 1. The summed E-state index contributed by atoms with van der Waals surface area (Å²) in [6.45, 7) is 2.57. The Morgan fingerprint density at radius 2 is 1.54 bits per heavy atom. The van der Waals surface area contributed by atoms with E-state index in [1.54, 1.807) is 6.21 Å². The number of amides is 2. The van der Waals surface area contributed by atoms with Crippen molar-refractivity contribution < 1.29 is 14.3 Å². The van der Waals surface area contributed by atoms with Crippen LogP contribution in [0, 0.1) is 0 Å². The van der Waals surface area contributed by atoms with E-state index >= 15 is 0 Å². The van der Waals surface area contributed by atoms with E-state index in [0.717, 1.165) is 28.4 Å². The maximum atomic E-state index is 12.0. The molecule has 0 saturated carbocycles. The Hall–Kier alpha value is -2.67. The second-order valence-corrected chi connectivity index (χ2v) is 9.52. The monoisotopic (exact) mass is 543 g/mol. The van der Waals surface area contributed by atoms with Crippen molar-refractivity contribution in [3.05, 3.63) is 64.1 Å². The van der Waals surface area contributed by atoms with Crippen molar-refractivity contribution in [3.8, 4) is 5.75 Å². The van der Waals surface area contributed by atoms with Gasteiger partial charge in [-0.05, 0) is 36.2 Å². The van der Waals surface area contributed by atoms with Gasteiger partial charge in [-0.15, -0.1) is 0 Å². The first-order valence-electron chi connectivity index (χ1n) is 12.6. The fraction of sp³-hybridized carbons (Fsp3) is 0.464. The Morgan fingerprint density at radius 1 is 0.886 bits per heavy atom. The molecule has 0 spiro atoms. The fourth-order valence-corrected chi connectivity index (χ4v) is 3.80. The van der Waals surface area contributed by atoms with Crippen LogP contribution in [-0.2, 0) is 16.2 Å². The molecular weight excluding hydrogens is 506 g/mol. The molecule has 0 aromatic heterocycles. The van der Waals surface area contributed by atoms with E-state index in [0.29, 0.717) is 18.8 Å². The third-order valence-corrected chi connectivity index (χ3v) is 6.10. The Morgan fingerprint density at radius 3 is 2.26 bits per heavy atom. The van der Waals surface area contributed by atoms with Crippen molar-refractivity contribution >= 4 is 34.0 Å². The van der Waals surface area contributed by atoms with Crippen LogP contribution in [0.15, 0.2) is 58.1 Å². The number of unbranched alkanes of at least 4 members (excludes halogenated alkanes) is 8. The van der Waals surface area contributed by atoms with Crippen LogP contribution in [0.1, 0.15) is 82.3 Å². The van der Waals surface area contributed by atoms with Crippen LogP contribution < -0.4 is 15.5 Å². The number of carbonyl (C=O) groups is 2. The smallest absolute Gasteiger partial charge is 0.259 e. The fourth-order valence-electron chi connectivity index (χ4n) is 3.54. The second kappa shape index (κ2) is 17.7. The number of ether oxygens (including phenoxy) is 1. The van der Waals surface area contributed by atoms with Crippen molar-refractivity contribution in [1.82, 2.24) is 10.7 Å². The van der Waals surface area contributed by atoms with Crippen molar-refractivity contribution in [1.29, 1.82) is 0 Å². The van der Waals surface area contributed by atoms with Gasteiger partial charge in [0.1, 0.15) is 12.4 Å². The van der Waals surface area contributed by atoms with Crippen molar-refractivity contribution in [2.75, 3.05) is 6.54 Å². The van der Waals surface area contributed by atoms with Crippen molar-refractivity contribution in [3.63, 3.8) is 0 Å². The molecule has 0 bridgehead atoms. The number of nitrogens with one attached hydrogen (secondary N) is 2. The third kappa shape index (κ3) is 13.1. The molecule has 2 aromatic carbocycles. The molecule has 2 rings (SSSR count). The summed E-state index contributed by atoms with van der Waals surface area (Å²) in [7, 11) is 0. The Labute approximate surface area is 218 Å². The second-order valence-electron chi connectivity index (χ2n) is 8.60. The molecule has 0 aliphatic rings. The van der Waals surface area contributed by atoms with Gasteiger partial charge in [0.25, 0.3) is 5.91 Å². The highest BCUT2D eigenvalue weighted by Gasteiger charge is 2.06. The highest BCUT2D eigenvalue weighted by atomic mass is 79.9. The first-order chi connectivity index (χ1) is 17.1. The minimum atomic E-state index is -0.366. The molecule has 0 heterocycles. The molecule has 0 aliphatic heterocycles. The summed E-state index contributed by atoms with van der Waals surface area (Å²) >= 11 is 3.42. The summed E-state index contributed by atoms with van der Waals surface area (Å²) in [5.41, 5.74) is 4.25. The van der Waals surface area contributed by atoms with E-state index in [4.69, 9.17) is 4.74 Å². The van der Waals surface area contributed by atoms with Crippen LogP contribution in [0.5, 0.6) is 5.75 Å². The third-order valence-electron chi connectivity index (χ3n) is 5.57. The average molecular weight is 545 g/mol. The van der Waals surface area contributed by atoms with Gasteiger partial charge in [-0.3, -0.25) is 9.59 Å². The van der Waals surface area contributed by atoms with Gasteiger partial charge in [0.15, 0.2) is 0 Å². The predicted octanol–water partition coefficient (Wildman–Crippen LogP) is 6.52. The summed E-state index contributed by atoms with van der Waals surface area (Å²) in [5, 5.41) is 6.66. The number of rotatable bonds is 17. The van der Waals surface area contributed by atoms with Gasteiger partial charge in [0.05, 0.1) is 12.8 Å². The molecule has 2 N–H and O–H groups in total. The lowest BCUT2D eigenvalue weighted by Crippen LogP contribution is -2.34.